The Balaban J connectivity index is 1.74. The van der Waals surface area contributed by atoms with Gasteiger partial charge in [0.25, 0.3) is 0 Å². The number of carbonyl (C=O) groups excluding carboxylic acids is 1. The average Bonchev–Trinajstić information content (AvgIpc) is 2.55. The van der Waals surface area contributed by atoms with E-state index in [2.05, 4.69) is 5.32 Å². The molecule has 0 radical (unpaired) electrons. The number of rotatable bonds is 4. The van der Waals surface area contributed by atoms with Crippen LogP contribution in [0.4, 0.5) is 22.4 Å². The second-order valence-corrected chi connectivity index (χ2v) is 5.88. The molecule has 1 aromatic rings. The maximum absolute atomic E-state index is 13.4. The van der Waals surface area contributed by atoms with Crippen LogP contribution in [0.5, 0.6) is 0 Å². The van der Waals surface area contributed by atoms with Gasteiger partial charge in [0.15, 0.2) is 6.10 Å². The minimum atomic E-state index is -4.63. The van der Waals surface area contributed by atoms with Crippen molar-refractivity contribution in [3.63, 3.8) is 0 Å². The molecule has 1 aliphatic heterocycles. The summed E-state index contributed by atoms with van der Waals surface area (Å²) < 4.78 is 50.9. The van der Waals surface area contributed by atoms with Gasteiger partial charge in [-0.3, -0.25) is 0 Å². The number of amides is 2. The predicted molar refractivity (Wildman–Crippen MR) is 79.9 cm³/mol. The number of nitrogens with one attached hydrogen (secondary N) is 1. The Hall–Kier alpha value is -1.83. The van der Waals surface area contributed by atoms with Crippen LogP contribution < -0.4 is 5.32 Å². The molecule has 1 unspecified atom stereocenters. The number of likely N-dealkylation sites (tertiary alicyclic amines) is 1. The zero-order valence-electron chi connectivity index (χ0n) is 13.0. The van der Waals surface area contributed by atoms with Crippen molar-refractivity contribution in [2.45, 2.75) is 31.5 Å². The highest BCUT2D eigenvalue weighted by molar-refractivity contribution is 5.74. The van der Waals surface area contributed by atoms with Gasteiger partial charge in [-0.1, -0.05) is 18.2 Å². The molecule has 1 atom stereocenters. The molecule has 4 nitrogen and oxygen atoms in total. The van der Waals surface area contributed by atoms with Crippen molar-refractivity contribution in [1.29, 1.82) is 0 Å². The fourth-order valence-corrected chi connectivity index (χ4v) is 2.80. The van der Waals surface area contributed by atoms with Crippen LogP contribution in [0.15, 0.2) is 24.3 Å². The van der Waals surface area contributed by atoms with Gasteiger partial charge < -0.3 is 15.3 Å². The number of alkyl halides is 3. The predicted octanol–water partition coefficient (Wildman–Crippen LogP) is 2.71. The summed E-state index contributed by atoms with van der Waals surface area (Å²) >= 11 is 0. The van der Waals surface area contributed by atoms with Gasteiger partial charge in [0.2, 0.25) is 0 Å². The number of aliphatic hydroxyl groups excluding tert-OH is 1. The number of benzene rings is 1. The van der Waals surface area contributed by atoms with Gasteiger partial charge >= 0.3 is 12.2 Å². The molecule has 1 aromatic carbocycles. The molecule has 0 aliphatic carbocycles. The van der Waals surface area contributed by atoms with E-state index >= 15 is 0 Å². The SMILES string of the molecule is O=C(NCCc1ccccc1F)N1CCC(C(O)C(F)(F)F)CC1. The molecule has 2 rings (SSSR count). The molecule has 8 heteroatoms. The smallest absolute Gasteiger partial charge is 0.383 e. The van der Waals surface area contributed by atoms with Gasteiger partial charge in [-0.15, -0.1) is 0 Å². The van der Waals surface area contributed by atoms with Crippen LogP contribution >= 0.6 is 0 Å². The summed E-state index contributed by atoms with van der Waals surface area (Å²) in [5.41, 5.74) is 0.491. The number of piperidine rings is 1. The zero-order chi connectivity index (χ0) is 17.7. The molecule has 1 saturated heterocycles. The van der Waals surface area contributed by atoms with Crippen molar-refractivity contribution in [3.8, 4) is 0 Å². The molecule has 1 fully saturated rings. The van der Waals surface area contributed by atoms with Crippen molar-refractivity contribution in [2.75, 3.05) is 19.6 Å². The maximum atomic E-state index is 13.4. The molecule has 0 aromatic heterocycles. The standard InChI is InChI=1S/C16H20F4N2O2/c17-13-4-2-1-3-11(13)5-8-21-15(24)22-9-6-12(7-10-22)14(23)16(18,19)20/h1-4,12,14,23H,5-10H2,(H,21,24). The fraction of sp³-hybridized carbons (Fsp3) is 0.562. The molecule has 0 saturated carbocycles. The quantitative estimate of drug-likeness (QED) is 0.822. The van der Waals surface area contributed by atoms with Gasteiger partial charge in [0.05, 0.1) is 0 Å². The van der Waals surface area contributed by atoms with Crippen molar-refractivity contribution < 1.29 is 27.5 Å². The number of nitrogens with zero attached hydrogens (tertiary/aromatic N) is 1. The maximum Gasteiger partial charge on any atom is 0.414 e. The molecule has 2 N–H and O–H groups in total. The van der Waals surface area contributed by atoms with Crippen LogP contribution in [0.25, 0.3) is 0 Å². The first-order valence-electron chi connectivity index (χ1n) is 7.80. The van der Waals surface area contributed by atoms with Crippen LogP contribution in [-0.2, 0) is 6.42 Å². The second-order valence-electron chi connectivity index (χ2n) is 5.88. The highest BCUT2D eigenvalue weighted by atomic mass is 19.4. The summed E-state index contributed by atoms with van der Waals surface area (Å²) in [6.45, 7) is 0.553. The average molecular weight is 348 g/mol. The van der Waals surface area contributed by atoms with E-state index in [1.807, 2.05) is 0 Å². The molecule has 1 aliphatic rings. The lowest BCUT2D eigenvalue weighted by Crippen LogP contribution is -2.48. The van der Waals surface area contributed by atoms with Gasteiger partial charge in [0, 0.05) is 19.6 Å². The molecule has 0 bridgehead atoms. The first-order chi connectivity index (χ1) is 11.3. The minimum absolute atomic E-state index is 0.0986. The molecular formula is C16H20F4N2O2. The van der Waals surface area contributed by atoms with E-state index in [4.69, 9.17) is 0 Å². The third kappa shape index (κ3) is 4.83. The van der Waals surface area contributed by atoms with Crippen molar-refractivity contribution in [2.24, 2.45) is 5.92 Å². The normalized spacial score (nSPS) is 17.6. The van der Waals surface area contributed by atoms with E-state index in [9.17, 15) is 27.5 Å². The van der Waals surface area contributed by atoms with Crippen molar-refractivity contribution >= 4 is 6.03 Å². The lowest BCUT2D eigenvalue weighted by molar-refractivity contribution is -0.222. The van der Waals surface area contributed by atoms with E-state index in [-0.39, 0.29) is 44.3 Å². The summed E-state index contributed by atoms with van der Waals surface area (Å²) in [6.07, 6.45) is -6.44. The number of hydrogen-bond donors (Lipinski definition) is 2. The Kier molecular flexibility index (Phi) is 6.04. The number of aliphatic hydroxyl groups is 1. The molecule has 1 heterocycles. The van der Waals surface area contributed by atoms with E-state index in [0.717, 1.165) is 0 Å². The zero-order valence-corrected chi connectivity index (χ0v) is 13.0. The summed E-state index contributed by atoms with van der Waals surface area (Å²) in [7, 11) is 0. The highest BCUT2D eigenvalue weighted by Crippen LogP contribution is 2.31. The first-order valence-corrected chi connectivity index (χ1v) is 7.80. The third-order valence-corrected chi connectivity index (χ3v) is 4.24. The van der Waals surface area contributed by atoms with Crippen LogP contribution in [0.1, 0.15) is 18.4 Å². The molecule has 0 spiro atoms. The Morgan fingerprint density at radius 3 is 2.50 bits per heavy atom. The molecule has 2 amide bonds. The molecule has 134 valence electrons. The summed E-state index contributed by atoms with van der Waals surface area (Å²) in [6, 6.07) is 5.87. The van der Waals surface area contributed by atoms with E-state index in [1.165, 1.54) is 11.0 Å². The van der Waals surface area contributed by atoms with Crippen LogP contribution in [-0.4, -0.2) is 48.0 Å². The summed E-state index contributed by atoms with van der Waals surface area (Å²) in [5.74, 6) is -1.22. The number of hydrogen-bond acceptors (Lipinski definition) is 2. The lowest BCUT2D eigenvalue weighted by atomic mass is 9.91. The van der Waals surface area contributed by atoms with Crippen LogP contribution in [0.3, 0.4) is 0 Å². The van der Waals surface area contributed by atoms with Crippen LogP contribution in [0, 0.1) is 11.7 Å². The third-order valence-electron chi connectivity index (χ3n) is 4.24. The monoisotopic (exact) mass is 348 g/mol. The van der Waals surface area contributed by atoms with E-state index < -0.39 is 18.2 Å². The largest absolute Gasteiger partial charge is 0.414 e. The molecular weight excluding hydrogens is 328 g/mol. The summed E-state index contributed by atoms with van der Waals surface area (Å²) in [4.78, 5) is 13.4. The lowest BCUT2D eigenvalue weighted by Gasteiger charge is -2.34. The highest BCUT2D eigenvalue weighted by Gasteiger charge is 2.44. The Morgan fingerprint density at radius 1 is 1.29 bits per heavy atom. The van der Waals surface area contributed by atoms with Gasteiger partial charge in [-0.05, 0) is 36.8 Å². The minimum Gasteiger partial charge on any atom is -0.383 e. The number of carbonyl (C=O) groups is 1. The van der Waals surface area contributed by atoms with Crippen LogP contribution in [0.2, 0.25) is 0 Å². The topological polar surface area (TPSA) is 52.6 Å². The van der Waals surface area contributed by atoms with Gasteiger partial charge in [-0.2, -0.15) is 13.2 Å². The Bertz CT molecular complexity index is 557. The van der Waals surface area contributed by atoms with Crippen molar-refractivity contribution in [1.82, 2.24) is 10.2 Å². The van der Waals surface area contributed by atoms with Gasteiger partial charge in [0.1, 0.15) is 5.82 Å². The molecule has 24 heavy (non-hydrogen) atoms. The van der Waals surface area contributed by atoms with Crippen molar-refractivity contribution in [3.05, 3.63) is 35.6 Å². The van der Waals surface area contributed by atoms with Gasteiger partial charge in [-0.25, -0.2) is 9.18 Å². The second kappa shape index (κ2) is 7.83. The Morgan fingerprint density at radius 2 is 1.92 bits per heavy atom. The number of halogens is 4. The fourth-order valence-electron chi connectivity index (χ4n) is 2.80. The summed E-state index contributed by atoms with van der Waals surface area (Å²) in [5, 5.41) is 11.9. The number of urea groups is 1. The van der Waals surface area contributed by atoms with E-state index in [1.54, 1.807) is 18.2 Å². The Labute approximate surface area is 137 Å². The first kappa shape index (κ1) is 18.5. The van der Waals surface area contributed by atoms with E-state index in [0.29, 0.717) is 12.0 Å².